The highest BCUT2D eigenvalue weighted by Crippen LogP contribution is 2.35. The number of anilines is 2. The van der Waals surface area contributed by atoms with Gasteiger partial charge in [-0.2, -0.15) is 0 Å². The monoisotopic (exact) mass is 520 g/mol. The van der Waals surface area contributed by atoms with Gasteiger partial charge in [-0.25, -0.2) is 15.0 Å². The first-order chi connectivity index (χ1) is 18.5. The predicted octanol–water partition coefficient (Wildman–Crippen LogP) is 2.48. The van der Waals surface area contributed by atoms with Crippen LogP contribution in [0.25, 0.3) is 22.3 Å². The summed E-state index contributed by atoms with van der Waals surface area (Å²) in [4.78, 5) is 12.8. The maximum Gasteiger partial charge on any atom is 0.207 e. The lowest BCUT2D eigenvalue weighted by molar-refractivity contribution is -0.0501. The van der Waals surface area contributed by atoms with Gasteiger partial charge in [-0.1, -0.05) is 49.7 Å². The average Bonchev–Trinajstić information content (AvgIpc) is 3.45. The molecule has 1 aliphatic rings. The van der Waals surface area contributed by atoms with Crippen molar-refractivity contribution in [3.05, 3.63) is 60.4 Å². The SMILES string of the molecule is CCCCOc1cccc(-c2ccc(CNc3nc4c(N)ncnc4n3[C@@H]3O[C@H](CO)[C@@H](O)[C@H]3O)cc2)c1. The smallest absolute Gasteiger partial charge is 0.207 e. The molecule has 4 aromatic rings. The van der Waals surface area contributed by atoms with Crippen LogP contribution in [0.15, 0.2) is 54.9 Å². The average molecular weight is 521 g/mol. The van der Waals surface area contributed by atoms with Crippen LogP contribution in [-0.4, -0.2) is 66.4 Å². The first-order valence-electron chi connectivity index (χ1n) is 12.7. The summed E-state index contributed by atoms with van der Waals surface area (Å²) < 4.78 is 13.1. The van der Waals surface area contributed by atoms with Crippen LogP contribution in [-0.2, 0) is 11.3 Å². The molecule has 6 N–H and O–H groups in total. The molecule has 11 nitrogen and oxygen atoms in total. The Morgan fingerprint density at radius 1 is 1.08 bits per heavy atom. The van der Waals surface area contributed by atoms with Gasteiger partial charge >= 0.3 is 0 Å². The normalized spacial score (nSPS) is 21.2. The number of rotatable bonds is 10. The maximum absolute atomic E-state index is 10.6. The van der Waals surface area contributed by atoms with Crippen LogP contribution in [0, 0.1) is 0 Å². The molecule has 3 heterocycles. The summed E-state index contributed by atoms with van der Waals surface area (Å²) in [6.45, 7) is 2.81. The standard InChI is InChI=1S/C27H32N6O5/c1-2-3-11-37-19-6-4-5-18(12-19)17-9-7-16(8-10-17)13-29-27-32-21-24(28)30-15-31-25(21)33(27)26-23(36)22(35)20(14-34)38-26/h4-10,12,15,20,22-23,26,34-36H,2-3,11,13-14H2,1H3,(H,29,32)(H2,28,30,31)/t20-,22-,23-,26-/m1/s1. The molecule has 200 valence electrons. The Balaban J connectivity index is 1.35. The zero-order valence-electron chi connectivity index (χ0n) is 21.1. The topological polar surface area (TPSA) is 161 Å². The van der Waals surface area contributed by atoms with Crippen LogP contribution >= 0.6 is 0 Å². The number of hydrogen-bond acceptors (Lipinski definition) is 10. The lowest BCUT2D eigenvalue weighted by Crippen LogP contribution is -2.33. The molecule has 0 radical (unpaired) electrons. The van der Waals surface area contributed by atoms with Crippen molar-refractivity contribution in [2.75, 3.05) is 24.3 Å². The number of aromatic nitrogens is 4. The third-order valence-corrected chi connectivity index (χ3v) is 6.62. The van der Waals surface area contributed by atoms with Crippen molar-refractivity contribution >= 4 is 22.9 Å². The predicted molar refractivity (Wildman–Crippen MR) is 142 cm³/mol. The van der Waals surface area contributed by atoms with Crippen molar-refractivity contribution in [3.8, 4) is 16.9 Å². The summed E-state index contributed by atoms with van der Waals surface area (Å²) in [5.74, 6) is 1.37. The molecule has 0 aliphatic carbocycles. The van der Waals surface area contributed by atoms with E-state index < -0.39 is 31.1 Å². The highest BCUT2D eigenvalue weighted by atomic mass is 16.6. The van der Waals surface area contributed by atoms with Crippen molar-refractivity contribution in [1.29, 1.82) is 0 Å². The summed E-state index contributed by atoms with van der Waals surface area (Å²) in [5.41, 5.74) is 9.82. The summed E-state index contributed by atoms with van der Waals surface area (Å²) >= 11 is 0. The Bertz CT molecular complexity index is 1380. The van der Waals surface area contributed by atoms with E-state index in [4.69, 9.17) is 15.2 Å². The zero-order valence-corrected chi connectivity index (χ0v) is 21.1. The third kappa shape index (κ3) is 5.14. The van der Waals surface area contributed by atoms with Gasteiger partial charge in [0.25, 0.3) is 0 Å². The Morgan fingerprint density at radius 3 is 2.63 bits per heavy atom. The number of ether oxygens (including phenoxy) is 2. The molecule has 0 unspecified atom stereocenters. The van der Waals surface area contributed by atoms with Gasteiger partial charge in [0.05, 0.1) is 13.2 Å². The number of aliphatic hydroxyl groups excluding tert-OH is 3. The van der Waals surface area contributed by atoms with Crippen molar-refractivity contribution < 1.29 is 24.8 Å². The van der Waals surface area contributed by atoms with Gasteiger partial charge in [-0.15, -0.1) is 0 Å². The van der Waals surface area contributed by atoms with E-state index in [1.807, 2.05) is 42.5 Å². The Kier molecular flexibility index (Phi) is 7.70. The molecule has 0 bridgehead atoms. The van der Waals surface area contributed by atoms with Gasteiger partial charge in [0.15, 0.2) is 23.2 Å². The number of benzene rings is 2. The van der Waals surface area contributed by atoms with Crippen molar-refractivity contribution in [2.24, 2.45) is 0 Å². The summed E-state index contributed by atoms with van der Waals surface area (Å²) in [6.07, 6.45) is -1.14. The molecule has 2 aromatic heterocycles. The second-order valence-electron chi connectivity index (χ2n) is 9.25. The molecular formula is C27H32N6O5. The minimum absolute atomic E-state index is 0.175. The van der Waals surface area contributed by atoms with E-state index in [0.29, 0.717) is 30.3 Å². The Morgan fingerprint density at radius 2 is 1.89 bits per heavy atom. The van der Waals surface area contributed by atoms with Crippen LogP contribution in [0.3, 0.4) is 0 Å². The molecule has 5 rings (SSSR count). The highest BCUT2D eigenvalue weighted by molar-refractivity contribution is 5.84. The van der Waals surface area contributed by atoms with Crippen molar-refractivity contribution in [1.82, 2.24) is 19.5 Å². The zero-order chi connectivity index (χ0) is 26.6. The van der Waals surface area contributed by atoms with E-state index in [-0.39, 0.29) is 5.82 Å². The van der Waals surface area contributed by atoms with E-state index in [1.54, 1.807) is 0 Å². The van der Waals surface area contributed by atoms with Crippen molar-refractivity contribution in [3.63, 3.8) is 0 Å². The second kappa shape index (κ2) is 11.3. The van der Waals surface area contributed by atoms with E-state index in [0.717, 1.165) is 35.3 Å². The molecule has 4 atom stereocenters. The number of hydrogen-bond donors (Lipinski definition) is 5. The van der Waals surface area contributed by atoms with Crippen LogP contribution in [0.5, 0.6) is 5.75 Å². The largest absolute Gasteiger partial charge is 0.494 e. The van der Waals surface area contributed by atoms with E-state index in [9.17, 15) is 15.3 Å². The number of unbranched alkanes of at least 4 members (excludes halogenated alkanes) is 1. The molecule has 2 aromatic carbocycles. The molecule has 0 saturated carbocycles. The summed E-state index contributed by atoms with van der Waals surface area (Å²) in [7, 11) is 0. The lowest BCUT2D eigenvalue weighted by atomic mass is 10.0. The number of nitrogens with two attached hydrogens (primary N) is 1. The Labute approximate surface area is 219 Å². The number of imidazole rings is 1. The van der Waals surface area contributed by atoms with E-state index in [1.165, 1.54) is 10.9 Å². The molecular weight excluding hydrogens is 488 g/mol. The minimum Gasteiger partial charge on any atom is -0.494 e. The number of nitrogens with zero attached hydrogens (tertiary/aromatic N) is 4. The fourth-order valence-electron chi connectivity index (χ4n) is 4.48. The lowest BCUT2D eigenvalue weighted by Gasteiger charge is -2.19. The first kappa shape index (κ1) is 25.9. The molecule has 0 amide bonds. The molecule has 1 fully saturated rings. The van der Waals surface area contributed by atoms with Gasteiger partial charge < -0.3 is 35.8 Å². The van der Waals surface area contributed by atoms with Crippen LogP contribution in [0.4, 0.5) is 11.8 Å². The maximum atomic E-state index is 10.6. The highest BCUT2D eigenvalue weighted by Gasteiger charge is 2.45. The third-order valence-electron chi connectivity index (χ3n) is 6.62. The van der Waals surface area contributed by atoms with Gasteiger partial charge in [-0.05, 0) is 35.2 Å². The molecule has 38 heavy (non-hydrogen) atoms. The Hall–Kier alpha value is -3.77. The number of aliphatic hydroxyl groups is 3. The first-order valence-corrected chi connectivity index (χ1v) is 12.7. The number of nitrogens with one attached hydrogen (secondary N) is 1. The fourth-order valence-corrected chi connectivity index (χ4v) is 4.48. The van der Waals surface area contributed by atoms with Gasteiger partial charge in [0, 0.05) is 6.54 Å². The molecule has 1 aliphatic heterocycles. The minimum atomic E-state index is -1.30. The number of nitrogen functional groups attached to an aromatic ring is 1. The van der Waals surface area contributed by atoms with E-state index >= 15 is 0 Å². The van der Waals surface area contributed by atoms with E-state index in [2.05, 4.69) is 33.3 Å². The van der Waals surface area contributed by atoms with Gasteiger partial charge in [0.1, 0.15) is 30.4 Å². The number of fused-ring (bicyclic) bond motifs is 1. The van der Waals surface area contributed by atoms with Gasteiger partial charge in [0.2, 0.25) is 5.95 Å². The molecule has 11 heteroatoms. The van der Waals surface area contributed by atoms with Crippen LogP contribution in [0.2, 0.25) is 0 Å². The molecule has 0 spiro atoms. The van der Waals surface area contributed by atoms with Crippen LogP contribution in [0.1, 0.15) is 31.6 Å². The summed E-state index contributed by atoms with van der Waals surface area (Å²) in [6, 6.07) is 16.2. The van der Waals surface area contributed by atoms with Crippen LogP contribution < -0.4 is 15.8 Å². The van der Waals surface area contributed by atoms with Crippen molar-refractivity contribution in [2.45, 2.75) is 50.8 Å². The quantitative estimate of drug-likeness (QED) is 0.196. The van der Waals surface area contributed by atoms with Gasteiger partial charge in [-0.3, -0.25) is 4.57 Å². The second-order valence-corrected chi connectivity index (χ2v) is 9.25. The molecule has 1 saturated heterocycles. The summed E-state index contributed by atoms with van der Waals surface area (Å²) in [5, 5.41) is 33.7. The fraction of sp³-hybridized carbons (Fsp3) is 0.370.